The SMILES string of the molecule is O=S(=O)(Cc1ccc(F)cc1)N1CCCCC1. The molecule has 1 aliphatic heterocycles. The third-order valence-electron chi connectivity index (χ3n) is 2.97. The fourth-order valence-electron chi connectivity index (χ4n) is 2.03. The van der Waals surface area contributed by atoms with Crippen molar-refractivity contribution < 1.29 is 12.8 Å². The molecule has 1 saturated heterocycles. The molecule has 1 aromatic carbocycles. The van der Waals surface area contributed by atoms with E-state index in [9.17, 15) is 12.8 Å². The number of halogens is 1. The van der Waals surface area contributed by atoms with Crippen molar-refractivity contribution in [3.05, 3.63) is 35.6 Å². The number of benzene rings is 1. The molecule has 0 amide bonds. The van der Waals surface area contributed by atoms with Crippen LogP contribution in [-0.4, -0.2) is 25.8 Å². The molecular formula is C12H16FNO2S. The summed E-state index contributed by atoms with van der Waals surface area (Å²) in [6.45, 7) is 1.23. The quantitative estimate of drug-likeness (QED) is 0.832. The molecule has 0 bridgehead atoms. The summed E-state index contributed by atoms with van der Waals surface area (Å²) in [5, 5.41) is 0. The van der Waals surface area contributed by atoms with Gasteiger partial charge in [-0.2, -0.15) is 0 Å². The van der Waals surface area contributed by atoms with E-state index in [1.807, 2.05) is 0 Å². The van der Waals surface area contributed by atoms with Gasteiger partial charge >= 0.3 is 0 Å². The summed E-state index contributed by atoms with van der Waals surface area (Å²) in [4.78, 5) is 0. The topological polar surface area (TPSA) is 37.4 Å². The molecule has 0 aromatic heterocycles. The van der Waals surface area contributed by atoms with Gasteiger partial charge in [-0.15, -0.1) is 0 Å². The summed E-state index contributed by atoms with van der Waals surface area (Å²) in [5.74, 6) is -0.378. The van der Waals surface area contributed by atoms with Crippen molar-refractivity contribution in [3.8, 4) is 0 Å². The van der Waals surface area contributed by atoms with E-state index in [1.165, 1.54) is 24.3 Å². The van der Waals surface area contributed by atoms with Crippen LogP contribution in [-0.2, 0) is 15.8 Å². The molecule has 0 atom stereocenters. The molecule has 3 nitrogen and oxygen atoms in total. The van der Waals surface area contributed by atoms with E-state index >= 15 is 0 Å². The molecule has 0 radical (unpaired) electrons. The van der Waals surface area contributed by atoms with Crippen LogP contribution in [0.2, 0.25) is 0 Å². The predicted octanol–water partition coefficient (Wildman–Crippen LogP) is 2.14. The molecule has 0 unspecified atom stereocenters. The molecule has 17 heavy (non-hydrogen) atoms. The molecule has 1 fully saturated rings. The first kappa shape index (κ1) is 12.5. The second kappa shape index (κ2) is 5.14. The summed E-state index contributed by atoms with van der Waals surface area (Å²) >= 11 is 0. The number of rotatable bonds is 3. The molecule has 0 aliphatic carbocycles. The average Bonchev–Trinajstić information content (AvgIpc) is 2.33. The number of hydrogen-bond donors (Lipinski definition) is 0. The van der Waals surface area contributed by atoms with Crippen molar-refractivity contribution in [1.82, 2.24) is 4.31 Å². The van der Waals surface area contributed by atoms with Crippen LogP contribution in [0.4, 0.5) is 4.39 Å². The highest BCUT2D eigenvalue weighted by molar-refractivity contribution is 7.88. The van der Waals surface area contributed by atoms with Gasteiger partial charge in [0.1, 0.15) is 5.82 Å². The Morgan fingerprint density at radius 1 is 1.06 bits per heavy atom. The minimum Gasteiger partial charge on any atom is -0.212 e. The van der Waals surface area contributed by atoms with Crippen LogP contribution in [0.1, 0.15) is 24.8 Å². The van der Waals surface area contributed by atoms with Gasteiger partial charge in [-0.25, -0.2) is 17.1 Å². The largest absolute Gasteiger partial charge is 0.218 e. The fraction of sp³-hybridized carbons (Fsp3) is 0.500. The van der Waals surface area contributed by atoms with Crippen LogP contribution in [0.15, 0.2) is 24.3 Å². The Hall–Kier alpha value is -0.940. The van der Waals surface area contributed by atoms with Crippen molar-refractivity contribution >= 4 is 10.0 Å². The highest BCUT2D eigenvalue weighted by atomic mass is 32.2. The number of piperidine rings is 1. The first-order valence-corrected chi connectivity index (χ1v) is 7.41. The Labute approximate surface area is 101 Å². The van der Waals surface area contributed by atoms with E-state index in [1.54, 1.807) is 4.31 Å². The number of hydrogen-bond acceptors (Lipinski definition) is 2. The van der Waals surface area contributed by atoms with E-state index in [0.29, 0.717) is 18.7 Å². The second-order valence-electron chi connectivity index (χ2n) is 4.34. The van der Waals surface area contributed by atoms with Crippen molar-refractivity contribution in [2.24, 2.45) is 0 Å². The Bertz CT molecular complexity index is 464. The first-order chi connectivity index (χ1) is 8.08. The minimum absolute atomic E-state index is 0.0344. The van der Waals surface area contributed by atoms with Crippen LogP contribution in [0.3, 0.4) is 0 Å². The lowest BCUT2D eigenvalue weighted by molar-refractivity contribution is 0.346. The highest BCUT2D eigenvalue weighted by Crippen LogP contribution is 2.17. The van der Waals surface area contributed by atoms with Crippen LogP contribution >= 0.6 is 0 Å². The van der Waals surface area contributed by atoms with Gasteiger partial charge < -0.3 is 0 Å². The van der Waals surface area contributed by atoms with E-state index in [0.717, 1.165) is 19.3 Å². The summed E-state index contributed by atoms with van der Waals surface area (Å²) < 4.78 is 38.4. The summed E-state index contributed by atoms with van der Waals surface area (Å²) in [5.41, 5.74) is 0.636. The maximum atomic E-state index is 12.7. The van der Waals surface area contributed by atoms with Gasteiger partial charge in [-0.1, -0.05) is 18.6 Å². The maximum Gasteiger partial charge on any atom is 0.218 e. The summed E-state index contributed by atoms with van der Waals surface area (Å²) in [7, 11) is -3.24. The molecule has 94 valence electrons. The average molecular weight is 257 g/mol. The third kappa shape index (κ3) is 3.26. The number of sulfonamides is 1. The van der Waals surface area contributed by atoms with Crippen LogP contribution in [0, 0.1) is 5.82 Å². The van der Waals surface area contributed by atoms with Gasteiger partial charge in [0, 0.05) is 13.1 Å². The van der Waals surface area contributed by atoms with Gasteiger partial charge in [-0.05, 0) is 30.5 Å². The first-order valence-electron chi connectivity index (χ1n) is 5.80. The van der Waals surface area contributed by atoms with Gasteiger partial charge in [-0.3, -0.25) is 0 Å². The zero-order chi connectivity index (χ0) is 12.3. The third-order valence-corrected chi connectivity index (χ3v) is 4.82. The molecule has 1 aromatic rings. The molecule has 0 saturated carbocycles. The Morgan fingerprint density at radius 2 is 1.65 bits per heavy atom. The van der Waals surface area contributed by atoms with Crippen molar-refractivity contribution in [2.45, 2.75) is 25.0 Å². The highest BCUT2D eigenvalue weighted by Gasteiger charge is 2.23. The van der Waals surface area contributed by atoms with Crippen molar-refractivity contribution in [3.63, 3.8) is 0 Å². The lowest BCUT2D eigenvalue weighted by Crippen LogP contribution is -2.36. The Balaban J connectivity index is 2.08. The fourth-order valence-corrected chi connectivity index (χ4v) is 3.64. The van der Waals surface area contributed by atoms with E-state index in [4.69, 9.17) is 0 Å². The Morgan fingerprint density at radius 3 is 2.24 bits per heavy atom. The number of nitrogens with zero attached hydrogens (tertiary/aromatic N) is 1. The Kier molecular flexibility index (Phi) is 3.79. The molecular weight excluding hydrogens is 241 g/mol. The lowest BCUT2D eigenvalue weighted by Gasteiger charge is -2.25. The molecule has 0 spiro atoms. The minimum atomic E-state index is -3.24. The van der Waals surface area contributed by atoms with Gasteiger partial charge in [0.2, 0.25) is 10.0 Å². The zero-order valence-electron chi connectivity index (χ0n) is 9.60. The van der Waals surface area contributed by atoms with Gasteiger partial charge in [0.05, 0.1) is 5.75 Å². The van der Waals surface area contributed by atoms with Crippen LogP contribution in [0.5, 0.6) is 0 Å². The van der Waals surface area contributed by atoms with E-state index in [-0.39, 0.29) is 11.6 Å². The molecule has 0 N–H and O–H groups in total. The van der Waals surface area contributed by atoms with Crippen LogP contribution in [0.25, 0.3) is 0 Å². The zero-order valence-corrected chi connectivity index (χ0v) is 10.4. The molecule has 5 heteroatoms. The van der Waals surface area contributed by atoms with Crippen molar-refractivity contribution in [2.75, 3.05) is 13.1 Å². The van der Waals surface area contributed by atoms with Crippen LogP contribution < -0.4 is 0 Å². The summed E-state index contributed by atoms with van der Waals surface area (Å²) in [6, 6.07) is 5.63. The monoisotopic (exact) mass is 257 g/mol. The maximum absolute atomic E-state index is 12.7. The lowest BCUT2D eigenvalue weighted by atomic mass is 10.2. The normalized spacial score (nSPS) is 18.2. The van der Waals surface area contributed by atoms with Crippen molar-refractivity contribution in [1.29, 1.82) is 0 Å². The van der Waals surface area contributed by atoms with Gasteiger partial charge in [0.25, 0.3) is 0 Å². The second-order valence-corrected chi connectivity index (χ2v) is 6.31. The van der Waals surface area contributed by atoms with Gasteiger partial charge in [0.15, 0.2) is 0 Å². The molecule has 2 rings (SSSR count). The molecule has 1 aliphatic rings. The summed E-state index contributed by atoms with van der Waals surface area (Å²) in [6.07, 6.45) is 2.97. The molecule has 1 heterocycles. The smallest absolute Gasteiger partial charge is 0.212 e. The van der Waals surface area contributed by atoms with E-state index < -0.39 is 10.0 Å². The van der Waals surface area contributed by atoms with E-state index in [2.05, 4.69) is 0 Å². The standard InChI is InChI=1S/C12H16FNO2S/c13-12-6-4-11(5-7-12)10-17(15,16)14-8-2-1-3-9-14/h4-7H,1-3,8-10H2. The predicted molar refractivity (Wildman–Crippen MR) is 64.4 cm³/mol.